The Hall–Kier alpha value is -1.38. The fourth-order valence-corrected chi connectivity index (χ4v) is 2.93. The summed E-state index contributed by atoms with van der Waals surface area (Å²) in [5, 5.41) is 5.65. The molecule has 0 aliphatic rings. The molecule has 0 aliphatic carbocycles. The second-order valence-electron chi connectivity index (χ2n) is 5.22. The molecule has 0 aromatic carbocycles. The van der Waals surface area contributed by atoms with Crippen molar-refractivity contribution >= 4 is 33.3 Å². The van der Waals surface area contributed by atoms with Gasteiger partial charge in [0.05, 0.1) is 11.3 Å². The van der Waals surface area contributed by atoms with Gasteiger partial charge in [0.15, 0.2) is 0 Å². The number of amides is 1. The monoisotopic (exact) mass is 334 g/mol. The molecule has 0 unspecified atom stereocenters. The van der Waals surface area contributed by atoms with Crippen molar-refractivity contribution in [2.75, 3.05) is 25.2 Å². The van der Waals surface area contributed by atoms with Gasteiger partial charge in [-0.25, -0.2) is 18.1 Å². The number of sulfonamides is 1. The molecule has 1 aromatic heterocycles. The highest BCUT2D eigenvalue weighted by molar-refractivity contribution is 7.88. The van der Waals surface area contributed by atoms with Crippen LogP contribution in [0.2, 0.25) is 5.02 Å². The highest BCUT2D eigenvalue weighted by Gasteiger charge is 2.24. The van der Waals surface area contributed by atoms with Gasteiger partial charge in [-0.15, -0.1) is 0 Å². The topological polar surface area (TPSA) is 100 Å². The highest BCUT2D eigenvalue weighted by atomic mass is 35.5. The number of carbonyl (C=O) groups is 1. The van der Waals surface area contributed by atoms with E-state index >= 15 is 0 Å². The smallest absolute Gasteiger partial charge is 0.271 e. The maximum atomic E-state index is 12.1. The zero-order valence-electron chi connectivity index (χ0n) is 12.3. The number of halogens is 1. The number of hydrogen-bond acceptors (Lipinski definition) is 5. The van der Waals surface area contributed by atoms with E-state index in [1.165, 1.54) is 0 Å². The predicted octanol–water partition coefficient (Wildman–Crippen LogP) is 0.834. The zero-order chi connectivity index (χ0) is 16.3. The van der Waals surface area contributed by atoms with E-state index in [0.717, 1.165) is 6.26 Å². The summed E-state index contributed by atoms with van der Waals surface area (Å²) in [6.45, 7) is 3.42. The molecule has 0 fully saturated rings. The molecule has 118 valence electrons. The van der Waals surface area contributed by atoms with Crippen LogP contribution < -0.4 is 15.4 Å². The number of hydrogen-bond donors (Lipinski definition) is 3. The summed E-state index contributed by atoms with van der Waals surface area (Å²) in [7, 11) is -1.69. The van der Waals surface area contributed by atoms with Crippen molar-refractivity contribution in [1.82, 2.24) is 15.0 Å². The van der Waals surface area contributed by atoms with Crippen molar-refractivity contribution in [1.29, 1.82) is 0 Å². The molecule has 9 heteroatoms. The Labute approximate surface area is 129 Å². The summed E-state index contributed by atoms with van der Waals surface area (Å²) in [6.07, 6.45) is 1.06. The van der Waals surface area contributed by atoms with Crippen LogP contribution in [0.4, 0.5) is 5.82 Å². The first-order valence-electron chi connectivity index (χ1n) is 6.15. The van der Waals surface area contributed by atoms with Gasteiger partial charge in [-0.2, -0.15) is 0 Å². The van der Waals surface area contributed by atoms with Crippen molar-refractivity contribution in [2.24, 2.45) is 0 Å². The molecular weight excluding hydrogens is 316 g/mol. The van der Waals surface area contributed by atoms with Gasteiger partial charge in [0, 0.05) is 19.1 Å². The third-order valence-corrected chi connectivity index (χ3v) is 3.70. The minimum atomic E-state index is -3.37. The minimum absolute atomic E-state index is 0.0821. The number of aromatic nitrogens is 1. The minimum Gasteiger partial charge on any atom is -0.373 e. The summed E-state index contributed by atoms with van der Waals surface area (Å²) in [5.41, 5.74) is -0.741. The van der Waals surface area contributed by atoms with Crippen LogP contribution in [0.1, 0.15) is 24.3 Å². The van der Waals surface area contributed by atoms with Crippen molar-refractivity contribution < 1.29 is 13.2 Å². The lowest BCUT2D eigenvalue weighted by atomic mass is 10.1. The van der Waals surface area contributed by atoms with E-state index < -0.39 is 21.5 Å². The summed E-state index contributed by atoms with van der Waals surface area (Å²) >= 11 is 5.94. The molecule has 0 radical (unpaired) electrons. The second-order valence-corrected chi connectivity index (χ2v) is 7.37. The van der Waals surface area contributed by atoms with E-state index in [4.69, 9.17) is 11.6 Å². The second kappa shape index (κ2) is 6.59. The third-order valence-electron chi connectivity index (χ3n) is 2.47. The van der Waals surface area contributed by atoms with E-state index in [1.807, 2.05) is 0 Å². The molecule has 1 heterocycles. The molecule has 0 aliphatic heterocycles. The normalized spacial score (nSPS) is 12.0. The number of nitrogens with zero attached hydrogens (tertiary/aromatic N) is 1. The first-order chi connectivity index (χ1) is 9.54. The van der Waals surface area contributed by atoms with Crippen molar-refractivity contribution in [2.45, 2.75) is 19.4 Å². The lowest BCUT2D eigenvalue weighted by Crippen LogP contribution is -2.51. The van der Waals surface area contributed by atoms with Crippen LogP contribution in [0.15, 0.2) is 12.1 Å². The Morgan fingerprint density at radius 3 is 2.52 bits per heavy atom. The van der Waals surface area contributed by atoms with E-state index in [1.54, 1.807) is 33.0 Å². The maximum absolute atomic E-state index is 12.1. The van der Waals surface area contributed by atoms with Gasteiger partial charge in [0.25, 0.3) is 5.91 Å². The molecule has 3 N–H and O–H groups in total. The van der Waals surface area contributed by atoms with Gasteiger partial charge in [-0.05, 0) is 26.0 Å². The first kappa shape index (κ1) is 17.7. The number of carbonyl (C=O) groups excluding carboxylic acids is 1. The Morgan fingerprint density at radius 2 is 2.00 bits per heavy atom. The SMILES string of the molecule is CNc1ccc(Cl)c(C(=O)NCC(C)(C)NS(C)(=O)=O)n1. The van der Waals surface area contributed by atoms with E-state index in [2.05, 4.69) is 20.3 Å². The Morgan fingerprint density at radius 1 is 1.38 bits per heavy atom. The highest BCUT2D eigenvalue weighted by Crippen LogP contribution is 2.16. The summed E-state index contributed by atoms with van der Waals surface area (Å²) in [5.74, 6) is 0.0403. The van der Waals surface area contributed by atoms with E-state index in [-0.39, 0.29) is 17.3 Å². The summed E-state index contributed by atoms with van der Waals surface area (Å²) < 4.78 is 24.9. The molecule has 0 bridgehead atoms. The molecule has 1 aromatic rings. The number of anilines is 1. The van der Waals surface area contributed by atoms with Crippen molar-refractivity contribution in [3.63, 3.8) is 0 Å². The number of pyridine rings is 1. The first-order valence-corrected chi connectivity index (χ1v) is 8.42. The maximum Gasteiger partial charge on any atom is 0.271 e. The van der Waals surface area contributed by atoms with Crippen LogP contribution in [0.25, 0.3) is 0 Å². The fraction of sp³-hybridized carbons (Fsp3) is 0.500. The van der Waals surface area contributed by atoms with Crippen molar-refractivity contribution in [3.8, 4) is 0 Å². The molecular formula is C12H19ClN4O3S. The Kier molecular flexibility index (Phi) is 5.54. The molecule has 1 rings (SSSR count). The van der Waals surface area contributed by atoms with Crippen LogP contribution in [0, 0.1) is 0 Å². The largest absolute Gasteiger partial charge is 0.373 e. The van der Waals surface area contributed by atoms with Gasteiger partial charge >= 0.3 is 0 Å². The zero-order valence-corrected chi connectivity index (χ0v) is 13.9. The Balaban J connectivity index is 2.78. The van der Waals surface area contributed by atoms with Crippen molar-refractivity contribution in [3.05, 3.63) is 22.8 Å². The van der Waals surface area contributed by atoms with E-state index in [0.29, 0.717) is 5.82 Å². The molecule has 0 atom stereocenters. The van der Waals surface area contributed by atoms with Gasteiger partial charge < -0.3 is 10.6 Å². The van der Waals surface area contributed by atoms with Crippen LogP contribution >= 0.6 is 11.6 Å². The standard InChI is InChI=1S/C12H19ClN4O3S/c1-12(2,17-21(4,19)20)7-15-11(18)10-8(13)5-6-9(14-3)16-10/h5-6,17H,7H2,1-4H3,(H,14,16)(H,15,18). The number of nitrogens with one attached hydrogen (secondary N) is 3. The quantitative estimate of drug-likeness (QED) is 0.715. The van der Waals surface area contributed by atoms with Crippen LogP contribution in [0.5, 0.6) is 0 Å². The molecule has 0 saturated carbocycles. The molecule has 0 saturated heterocycles. The average molecular weight is 335 g/mol. The average Bonchev–Trinajstić information content (AvgIpc) is 2.34. The van der Waals surface area contributed by atoms with Crippen LogP contribution in [0.3, 0.4) is 0 Å². The molecule has 1 amide bonds. The van der Waals surface area contributed by atoms with Gasteiger partial charge in [-0.3, -0.25) is 4.79 Å². The molecule has 21 heavy (non-hydrogen) atoms. The fourth-order valence-electron chi connectivity index (χ4n) is 1.66. The van der Waals surface area contributed by atoms with Gasteiger partial charge in [0.2, 0.25) is 10.0 Å². The van der Waals surface area contributed by atoms with Crippen LogP contribution in [-0.4, -0.2) is 44.7 Å². The number of rotatable bonds is 6. The van der Waals surface area contributed by atoms with Gasteiger partial charge in [-0.1, -0.05) is 11.6 Å². The van der Waals surface area contributed by atoms with Crippen LogP contribution in [-0.2, 0) is 10.0 Å². The molecule has 0 spiro atoms. The molecule has 7 nitrogen and oxygen atoms in total. The lowest BCUT2D eigenvalue weighted by Gasteiger charge is -2.25. The Bertz CT molecular complexity index is 631. The summed E-state index contributed by atoms with van der Waals surface area (Å²) in [4.78, 5) is 16.2. The van der Waals surface area contributed by atoms with E-state index in [9.17, 15) is 13.2 Å². The third kappa shape index (κ3) is 5.86. The predicted molar refractivity (Wildman–Crippen MR) is 83.2 cm³/mol. The lowest BCUT2D eigenvalue weighted by molar-refractivity contribution is 0.0940. The van der Waals surface area contributed by atoms with Gasteiger partial charge in [0.1, 0.15) is 11.5 Å². The summed E-state index contributed by atoms with van der Waals surface area (Å²) in [6, 6.07) is 3.21.